The molecule has 166 valence electrons. The number of aromatic nitrogens is 4. The van der Waals surface area contributed by atoms with Crippen molar-refractivity contribution < 1.29 is 14.7 Å². The van der Waals surface area contributed by atoms with Crippen molar-refractivity contribution in [3.05, 3.63) is 69.8 Å². The van der Waals surface area contributed by atoms with Crippen molar-refractivity contribution >= 4 is 17.5 Å². The zero-order valence-corrected chi connectivity index (χ0v) is 17.6. The maximum absolute atomic E-state index is 12.9. The Kier molecular flexibility index (Phi) is 6.13. The Labute approximate surface area is 183 Å². The quantitative estimate of drug-likeness (QED) is 0.553. The van der Waals surface area contributed by atoms with E-state index in [1.54, 1.807) is 36.1 Å². The minimum Gasteiger partial charge on any atom is -0.396 e. The van der Waals surface area contributed by atoms with Crippen LogP contribution in [0.2, 0.25) is 0 Å². The number of likely N-dealkylation sites (tertiary alicyclic amines) is 1. The molecule has 1 aliphatic rings. The number of aliphatic hydroxyl groups excluding tert-OH is 1. The molecule has 1 atom stereocenters. The molecule has 1 saturated heterocycles. The van der Waals surface area contributed by atoms with Gasteiger partial charge in [0.1, 0.15) is 0 Å². The number of hydrogen-bond acceptors (Lipinski definition) is 6. The second-order valence-electron chi connectivity index (χ2n) is 7.81. The summed E-state index contributed by atoms with van der Waals surface area (Å²) in [5, 5.41) is 22.7. The molecular weight excluding hydrogens is 412 g/mol. The number of aliphatic hydroxyl groups is 1. The SMILES string of the molecule is Cc1c(C(=O)Nc2cccc(C(=O)N3CCCC(CO)C3)c2)cnn1-c1ccc(=O)[nH]n1. The molecule has 4 rings (SSSR count). The van der Waals surface area contributed by atoms with Gasteiger partial charge in [0.05, 0.1) is 17.5 Å². The number of benzene rings is 1. The first-order chi connectivity index (χ1) is 15.5. The second kappa shape index (κ2) is 9.15. The van der Waals surface area contributed by atoms with Crippen molar-refractivity contribution in [3.63, 3.8) is 0 Å². The number of carbonyl (C=O) groups is 2. The number of nitrogens with one attached hydrogen (secondary N) is 2. The van der Waals surface area contributed by atoms with Crippen molar-refractivity contribution in [3.8, 4) is 5.82 Å². The van der Waals surface area contributed by atoms with Crippen LogP contribution < -0.4 is 10.9 Å². The van der Waals surface area contributed by atoms with Gasteiger partial charge in [-0.3, -0.25) is 14.4 Å². The van der Waals surface area contributed by atoms with Gasteiger partial charge in [0.25, 0.3) is 17.4 Å². The van der Waals surface area contributed by atoms with Gasteiger partial charge >= 0.3 is 0 Å². The molecule has 1 aromatic carbocycles. The van der Waals surface area contributed by atoms with Crippen LogP contribution in [0.3, 0.4) is 0 Å². The number of amides is 2. The number of piperidine rings is 1. The number of nitrogens with zero attached hydrogens (tertiary/aromatic N) is 4. The third kappa shape index (κ3) is 4.45. The van der Waals surface area contributed by atoms with Crippen LogP contribution in [0, 0.1) is 12.8 Å². The summed E-state index contributed by atoms with van der Waals surface area (Å²) in [5.41, 5.74) is 1.54. The van der Waals surface area contributed by atoms with E-state index in [2.05, 4.69) is 20.6 Å². The van der Waals surface area contributed by atoms with Gasteiger partial charge in [-0.15, -0.1) is 0 Å². The third-order valence-corrected chi connectivity index (χ3v) is 5.57. The zero-order valence-electron chi connectivity index (χ0n) is 17.6. The van der Waals surface area contributed by atoms with Gasteiger partial charge in [0.2, 0.25) is 0 Å². The predicted octanol–water partition coefficient (Wildman–Crippen LogP) is 1.36. The first-order valence-corrected chi connectivity index (χ1v) is 10.4. The number of H-pyrrole nitrogens is 1. The third-order valence-electron chi connectivity index (χ3n) is 5.57. The first kappa shape index (κ1) is 21.4. The van der Waals surface area contributed by atoms with Crippen molar-refractivity contribution in [2.24, 2.45) is 5.92 Å². The Morgan fingerprint density at radius 2 is 2.12 bits per heavy atom. The lowest BCUT2D eigenvalue weighted by Gasteiger charge is -2.32. The molecule has 2 amide bonds. The second-order valence-corrected chi connectivity index (χ2v) is 7.81. The molecule has 3 aromatic rings. The summed E-state index contributed by atoms with van der Waals surface area (Å²) < 4.78 is 1.46. The summed E-state index contributed by atoms with van der Waals surface area (Å²) >= 11 is 0. The lowest BCUT2D eigenvalue weighted by Crippen LogP contribution is -2.40. The van der Waals surface area contributed by atoms with E-state index in [0.29, 0.717) is 41.4 Å². The molecule has 0 saturated carbocycles. The Balaban J connectivity index is 1.49. The lowest BCUT2D eigenvalue weighted by molar-refractivity contribution is 0.0620. The Morgan fingerprint density at radius 1 is 1.28 bits per heavy atom. The van der Waals surface area contributed by atoms with Crippen molar-refractivity contribution in [2.75, 3.05) is 25.0 Å². The highest BCUT2D eigenvalue weighted by molar-refractivity contribution is 6.05. The fourth-order valence-corrected chi connectivity index (χ4v) is 3.83. The predicted molar refractivity (Wildman–Crippen MR) is 117 cm³/mol. The average molecular weight is 436 g/mol. The molecular formula is C22H24N6O4. The van der Waals surface area contributed by atoms with E-state index in [-0.39, 0.29) is 29.9 Å². The molecule has 10 nitrogen and oxygen atoms in total. The van der Waals surface area contributed by atoms with Crippen LogP contribution in [0.25, 0.3) is 5.82 Å². The highest BCUT2D eigenvalue weighted by atomic mass is 16.3. The molecule has 32 heavy (non-hydrogen) atoms. The topological polar surface area (TPSA) is 133 Å². The van der Waals surface area contributed by atoms with Crippen LogP contribution >= 0.6 is 0 Å². The molecule has 2 aromatic heterocycles. The van der Waals surface area contributed by atoms with E-state index in [4.69, 9.17) is 0 Å². The van der Waals surface area contributed by atoms with Crippen LogP contribution in [0.15, 0.2) is 47.4 Å². The van der Waals surface area contributed by atoms with Gasteiger partial charge in [0.15, 0.2) is 5.82 Å². The highest BCUT2D eigenvalue weighted by Crippen LogP contribution is 2.20. The number of carbonyl (C=O) groups excluding carboxylic acids is 2. The van der Waals surface area contributed by atoms with Crippen LogP contribution in [0.5, 0.6) is 0 Å². The molecule has 0 aliphatic carbocycles. The van der Waals surface area contributed by atoms with Crippen LogP contribution in [-0.2, 0) is 0 Å². The maximum atomic E-state index is 12.9. The monoisotopic (exact) mass is 436 g/mol. The summed E-state index contributed by atoms with van der Waals surface area (Å²) in [6, 6.07) is 9.63. The molecule has 1 fully saturated rings. The highest BCUT2D eigenvalue weighted by Gasteiger charge is 2.24. The zero-order chi connectivity index (χ0) is 22.7. The van der Waals surface area contributed by atoms with Crippen molar-refractivity contribution in [2.45, 2.75) is 19.8 Å². The first-order valence-electron chi connectivity index (χ1n) is 10.4. The number of anilines is 1. The van der Waals surface area contributed by atoms with E-state index < -0.39 is 0 Å². The largest absolute Gasteiger partial charge is 0.396 e. The van der Waals surface area contributed by atoms with E-state index in [1.807, 2.05) is 0 Å². The Bertz CT molecular complexity index is 1180. The fourth-order valence-electron chi connectivity index (χ4n) is 3.83. The van der Waals surface area contributed by atoms with Crippen LogP contribution in [0.1, 0.15) is 39.3 Å². The molecule has 0 bridgehead atoms. The molecule has 3 N–H and O–H groups in total. The van der Waals surface area contributed by atoms with Crippen molar-refractivity contribution in [1.82, 2.24) is 24.9 Å². The van der Waals surface area contributed by atoms with Crippen LogP contribution in [0.4, 0.5) is 5.69 Å². The minimum absolute atomic E-state index is 0.0709. The van der Waals surface area contributed by atoms with E-state index >= 15 is 0 Å². The number of aromatic amines is 1. The van der Waals surface area contributed by atoms with Gasteiger partial charge in [-0.25, -0.2) is 9.78 Å². The summed E-state index contributed by atoms with van der Waals surface area (Å²) in [6.45, 7) is 2.98. The van der Waals surface area contributed by atoms with Crippen molar-refractivity contribution in [1.29, 1.82) is 0 Å². The van der Waals surface area contributed by atoms with Gasteiger partial charge in [-0.2, -0.15) is 10.2 Å². The Morgan fingerprint density at radius 3 is 2.88 bits per heavy atom. The normalized spacial score (nSPS) is 16.1. The minimum atomic E-state index is -0.374. The van der Waals surface area contributed by atoms with E-state index in [1.165, 1.54) is 23.0 Å². The molecule has 0 radical (unpaired) electrons. The van der Waals surface area contributed by atoms with E-state index in [0.717, 1.165) is 12.8 Å². The summed E-state index contributed by atoms with van der Waals surface area (Å²) in [5.74, 6) is -0.00280. The van der Waals surface area contributed by atoms with Gasteiger partial charge in [-0.1, -0.05) is 6.07 Å². The fraction of sp³-hybridized carbons (Fsp3) is 0.318. The van der Waals surface area contributed by atoms with Gasteiger partial charge < -0.3 is 15.3 Å². The molecule has 1 aliphatic heterocycles. The van der Waals surface area contributed by atoms with Crippen LogP contribution in [-0.4, -0.2) is 61.5 Å². The smallest absolute Gasteiger partial charge is 0.264 e. The molecule has 0 spiro atoms. The lowest BCUT2D eigenvalue weighted by atomic mass is 9.98. The van der Waals surface area contributed by atoms with Gasteiger partial charge in [-0.05, 0) is 49.9 Å². The average Bonchev–Trinajstić information content (AvgIpc) is 3.20. The summed E-state index contributed by atoms with van der Waals surface area (Å²) in [6.07, 6.45) is 3.20. The number of hydrogen-bond donors (Lipinski definition) is 3. The summed E-state index contributed by atoms with van der Waals surface area (Å²) in [7, 11) is 0. The Hall–Kier alpha value is -3.79. The molecule has 1 unspecified atom stereocenters. The maximum Gasteiger partial charge on any atom is 0.264 e. The van der Waals surface area contributed by atoms with E-state index in [9.17, 15) is 19.5 Å². The standard InChI is InChI=1S/C22H24N6O4/c1-14-18(11-23-28(14)19-7-8-20(30)26-25-19)21(31)24-17-6-2-5-16(10-17)22(32)27-9-3-4-15(12-27)13-29/h2,5-8,10-11,15,29H,3-4,9,12-13H2,1H3,(H,24,31)(H,26,30). The number of rotatable bonds is 5. The van der Waals surface area contributed by atoms with Gasteiger partial charge in [0, 0.05) is 37.0 Å². The summed E-state index contributed by atoms with van der Waals surface area (Å²) in [4.78, 5) is 38.7. The molecule has 3 heterocycles. The molecule has 10 heteroatoms.